The van der Waals surface area contributed by atoms with E-state index in [4.69, 9.17) is 0 Å². The van der Waals surface area contributed by atoms with Crippen LogP contribution in [0.5, 0.6) is 0 Å². The first-order valence-corrected chi connectivity index (χ1v) is 4.63. The fourth-order valence-corrected chi connectivity index (χ4v) is 1.26. The Bertz CT molecular complexity index is 308. The normalized spacial score (nSPS) is 11.1. The first-order chi connectivity index (χ1) is 6.24. The van der Waals surface area contributed by atoms with Crippen molar-refractivity contribution in [3.8, 4) is 0 Å². The van der Waals surface area contributed by atoms with Gasteiger partial charge in [0.2, 0.25) is 0 Å². The van der Waals surface area contributed by atoms with Crippen molar-refractivity contribution >= 4 is 27.9 Å². The Labute approximate surface area is 86.0 Å². The molecule has 0 heterocycles. The molecular weight excluding hydrogens is 230 g/mol. The minimum Gasteiger partial charge on any atom is -0.350 e. The second-order valence-electron chi connectivity index (χ2n) is 2.58. The summed E-state index contributed by atoms with van der Waals surface area (Å²) in [4.78, 5) is 12.2. The van der Waals surface area contributed by atoms with Gasteiger partial charge in [0.05, 0.1) is 4.48 Å². The fraction of sp³-hybridized carbons (Fsp3) is 0.100. The molecule has 0 fully saturated rings. The molecule has 0 aliphatic rings. The van der Waals surface area contributed by atoms with E-state index in [9.17, 15) is 4.79 Å². The Morgan fingerprint density at radius 2 is 2.00 bits per heavy atom. The van der Waals surface area contributed by atoms with E-state index >= 15 is 0 Å². The highest BCUT2D eigenvalue weighted by molar-refractivity contribution is 9.12. The Kier molecular flexibility index (Phi) is 3.71. The molecule has 0 aliphatic carbocycles. The second kappa shape index (κ2) is 4.82. The molecule has 0 atom stereocenters. The number of allylic oxidation sites excluding steroid dienone is 1. The summed E-state index contributed by atoms with van der Waals surface area (Å²) in [5, 5.41) is 0. The molecule has 0 spiro atoms. The third-order valence-electron chi connectivity index (χ3n) is 1.59. The van der Waals surface area contributed by atoms with Crippen molar-refractivity contribution in [3.63, 3.8) is 0 Å². The van der Waals surface area contributed by atoms with Crippen LogP contribution in [0.2, 0.25) is 0 Å². The summed E-state index contributed by atoms with van der Waals surface area (Å²) < 4.78 is 0.527. The molecule has 0 unspecified atom stereocenters. The minimum atomic E-state index is 0.527. The van der Waals surface area contributed by atoms with Crippen molar-refractivity contribution < 1.29 is 4.79 Å². The van der Waals surface area contributed by atoms with Gasteiger partial charge < -0.3 is 4.90 Å². The summed E-state index contributed by atoms with van der Waals surface area (Å²) in [5.41, 5.74) is 1.04. The van der Waals surface area contributed by atoms with E-state index in [2.05, 4.69) is 15.9 Å². The number of nitrogens with zero attached hydrogens (tertiary/aromatic N) is 1. The van der Waals surface area contributed by atoms with Gasteiger partial charge in [-0.3, -0.25) is 4.79 Å². The number of benzene rings is 1. The highest BCUT2D eigenvalue weighted by Crippen LogP contribution is 2.13. The highest BCUT2D eigenvalue weighted by Gasteiger charge is 1.96. The maximum absolute atomic E-state index is 10.3. The molecular formula is C10H10BrNO. The monoisotopic (exact) mass is 239 g/mol. The zero-order chi connectivity index (χ0) is 9.68. The lowest BCUT2D eigenvalue weighted by molar-refractivity contribution is -0.104. The number of hydrogen-bond donors (Lipinski definition) is 0. The number of rotatable bonds is 3. The smallest absolute Gasteiger partial charge is 0.158 e. The van der Waals surface area contributed by atoms with Gasteiger partial charge in [0.25, 0.3) is 0 Å². The zero-order valence-corrected chi connectivity index (χ0v) is 8.86. The molecule has 0 amide bonds. The number of carbonyl (C=O) groups is 1. The Morgan fingerprint density at radius 3 is 2.54 bits per heavy atom. The van der Waals surface area contributed by atoms with E-state index in [-0.39, 0.29) is 0 Å². The Morgan fingerprint density at radius 1 is 1.38 bits per heavy atom. The van der Waals surface area contributed by atoms with E-state index in [1.807, 2.05) is 42.3 Å². The van der Waals surface area contributed by atoms with Crippen molar-refractivity contribution in [2.75, 3.05) is 11.9 Å². The van der Waals surface area contributed by atoms with Crippen LogP contribution in [0.3, 0.4) is 0 Å². The maximum atomic E-state index is 10.3. The molecule has 0 radical (unpaired) electrons. The van der Waals surface area contributed by atoms with Crippen molar-refractivity contribution in [3.05, 3.63) is 41.0 Å². The quantitative estimate of drug-likeness (QED) is 0.597. The molecule has 0 N–H and O–H groups in total. The van der Waals surface area contributed by atoms with Crippen LogP contribution >= 0.6 is 15.9 Å². The van der Waals surface area contributed by atoms with E-state index in [0.29, 0.717) is 4.48 Å². The zero-order valence-electron chi connectivity index (χ0n) is 7.27. The van der Waals surface area contributed by atoms with E-state index in [0.717, 1.165) is 12.0 Å². The predicted octanol–water partition coefficient (Wildman–Crippen LogP) is 2.56. The van der Waals surface area contributed by atoms with E-state index in [1.165, 1.54) is 0 Å². The molecule has 0 bridgehead atoms. The van der Waals surface area contributed by atoms with Crippen LogP contribution in [0.15, 0.2) is 41.0 Å². The van der Waals surface area contributed by atoms with Gasteiger partial charge in [-0.25, -0.2) is 0 Å². The lowest BCUT2D eigenvalue weighted by atomic mass is 10.3. The van der Waals surface area contributed by atoms with E-state index < -0.39 is 0 Å². The number of para-hydroxylation sites is 1. The molecule has 1 rings (SSSR count). The number of aldehydes is 1. The van der Waals surface area contributed by atoms with Gasteiger partial charge in [-0.05, 0) is 28.1 Å². The molecule has 1 aromatic carbocycles. The number of halogens is 1. The first kappa shape index (κ1) is 9.99. The first-order valence-electron chi connectivity index (χ1n) is 3.84. The van der Waals surface area contributed by atoms with Crippen molar-refractivity contribution in [1.29, 1.82) is 0 Å². The minimum absolute atomic E-state index is 0.527. The lowest BCUT2D eigenvalue weighted by Crippen LogP contribution is -2.08. The van der Waals surface area contributed by atoms with Crippen molar-refractivity contribution in [2.24, 2.45) is 0 Å². The third kappa shape index (κ3) is 3.03. The molecule has 0 saturated heterocycles. The standard InChI is InChI=1S/C10H10BrNO/c1-12(7-9(11)8-13)10-5-3-2-4-6-10/h2-8H,1H3/b9-7-. The molecule has 3 heteroatoms. The summed E-state index contributed by atoms with van der Waals surface area (Å²) in [6, 6.07) is 9.81. The summed E-state index contributed by atoms with van der Waals surface area (Å²) >= 11 is 3.13. The summed E-state index contributed by atoms with van der Waals surface area (Å²) in [6.07, 6.45) is 2.49. The van der Waals surface area contributed by atoms with Crippen LogP contribution in [-0.4, -0.2) is 13.3 Å². The van der Waals surface area contributed by atoms with Gasteiger partial charge in [-0.1, -0.05) is 18.2 Å². The van der Waals surface area contributed by atoms with Gasteiger partial charge in [-0.2, -0.15) is 0 Å². The second-order valence-corrected chi connectivity index (χ2v) is 3.49. The predicted molar refractivity (Wildman–Crippen MR) is 57.9 cm³/mol. The maximum Gasteiger partial charge on any atom is 0.158 e. The van der Waals surface area contributed by atoms with Crippen molar-refractivity contribution in [2.45, 2.75) is 0 Å². The molecule has 13 heavy (non-hydrogen) atoms. The topological polar surface area (TPSA) is 20.3 Å². The fourth-order valence-electron chi connectivity index (χ4n) is 0.953. The number of anilines is 1. The van der Waals surface area contributed by atoms with Crippen LogP contribution < -0.4 is 4.90 Å². The number of carbonyl (C=O) groups excluding carboxylic acids is 1. The van der Waals surface area contributed by atoms with Gasteiger partial charge in [0.1, 0.15) is 0 Å². The van der Waals surface area contributed by atoms with Crippen LogP contribution in [-0.2, 0) is 4.79 Å². The molecule has 2 nitrogen and oxygen atoms in total. The molecule has 1 aromatic rings. The van der Waals surface area contributed by atoms with E-state index in [1.54, 1.807) is 6.20 Å². The van der Waals surface area contributed by atoms with Gasteiger partial charge in [0.15, 0.2) is 6.29 Å². The Hall–Kier alpha value is -1.09. The van der Waals surface area contributed by atoms with Crippen LogP contribution in [0, 0.1) is 0 Å². The van der Waals surface area contributed by atoms with Crippen molar-refractivity contribution in [1.82, 2.24) is 0 Å². The average Bonchev–Trinajstić information content (AvgIpc) is 2.19. The summed E-state index contributed by atoms with van der Waals surface area (Å²) in [7, 11) is 1.89. The van der Waals surface area contributed by atoms with Gasteiger partial charge in [-0.15, -0.1) is 0 Å². The Balaban J connectivity index is 2.80. The molecule has 0 aliphatic heterocycles. The summed E-state index contributed by atoms with van der Waals surface area (Å²) in [6.45, 7) is 0. The third-order valence-corrected chi connectivity index (χ3v) is 1.98. The van der Waals surface area contributed by atoms with Gasteiger partial charge in [0, 0.05) is 18.9 Å². The molecule has 0 aromatic heterocycles. The number of hydrogen-bond acceptors (Lipinski definition) is 2. The SMILES string of the molecule is CN(/C=C(\Br)C=O)c1ccccc1. The summed E-state index contributed by atoms with van der Waals surface area (Å²) in [5.74, 6) is 0. The van der Waals surface area contributed by atoms with Crippen LogP contribution in [0.1, 0.15) is 0 Å². The van der Waals surface area contributed by atoms with Crippen LogP contribution in [0.25, 0.3) is 0 Å². The lowest BCUT2D eigenvalue weighted by Gasteiger charge is -2.13. The average molecular weight is 240 g/mol. The van der Waals surface area contributed by atoms with Gasteiger partial charge >= 0.3 is 0 Å². The molecule has 0 saturated carbocycles. The van der Waals surface area contributed by atoms with Crippen LogP contribution in [0.4, 0.5) is 5.69 Å². The highest BCUT2D eigenvalue weighted by atomic mass is 79.9. The molecule has 68 valence electrons. The largest absolute Gasteiger partial charge is 0.350 e.